The zero-order valence-electron chi connectivity index (χ0n) is 10.5. The number of carbonyl (C=O) groups is 1. The van der Waals surface area contributed by atoms with E-state index in [1.54, 1.807) is 36.4 Å². The minimum Gasteiger partial charge on any atom is -0.465 e. The predicted octanol–water partition coefficient (Wildman–Crippen LogP) is 4.51. The number of nitrogen functional groups attached to an aromatic ring is 1. The lowest BCUT2D eigenvalue weighted by Crippen LogP contribution is -2.02. The van der Waals surface area contributed by atoms with Crippen LogP contribution >= 0.6 is 35.0 Å². The molecule has 0 saturated carbocycles. The highest BCUT2D eigenvalue weighted by Crippen LogP contribution is 2.37. The molecule has 0 bridgehead atoms. The third-order valence-electron chi connectivity index (χ3n) is 2.54. The third-order valence-corrected chi connectivity index (χ3v) is 4.37. The number of hydrogen-bond acceptors (Lipinski definition) is 4. The van der Waals surface area contributed by atoms with Gasteiger partial charge in [0, 0.05) is 20.5 Å². The fourth-order valence-electron chi connectivity index (χ4n) is 1.56. The molecule has 0 aromatic heterocycles. The number of anilines is 1. The lowest BCUT2D eigenvalue weighted by atomic mass is 10.2. The first kappa shape index (κ1) is 15.0. The lowest BCUT2D eigenvalue weighted by molar-refractivity contribution is 0.0600. The molecule has 2 aromatic carbocycles. The van der Waals surface area contributed by atoms with Gasteiger partial charge in [-0.1, -0.05) is 35.0 Å². The zero-order valence-corrected chi connectivity index (χ0v) is 12.9. The van der Waals surface area contributed by atoms with E-state index in [1.807, 2.05) is 0 Å². The number of halogens is 2. The second kappa shape index (κ2) is 6.39. The quantitative estimate of drug-likeness (QED) is 0.665. The summed E-state index contributed by atoms with van der Waals surface area (Å²) in [6, 6.07) is 10.2. The molecule has 2 N–H and O–H groups in total. The van der Waals surface area contributed by atoms with Gasteiger partial charge in [0.1, 0.15) is 0 Å². The summed E-state index contributed by atoms with van der Waals surface area (Å²) >= 11 is 13.4. The molecular weight excluding hydrogens is 317 g/mol. The van der Waals surface area contributed by atoms with Crippen LogP contribution < -0.4 is 5.73 Å². The fourth-order valence-corrected chi connectivity index (χ4v) is 2.93. The Morgan fingerprint density at radius 3 is 2.55 bits per heavy atom. The van der Waals surface area contributed by atoms with Crippen molar-refractivity contribution in [1.82, 2.24) is 0 Å². The van der Waals surface area contributed by atoms with E-state index in [-0.39, 0.29) is 0 Å². The first-order valence-corrected chi connectivity index (χ1v) is 7.19. The molecule has 0 aliphatic heterocycles. The Morgan fingerprint density at radius 1 is 1.15 bits per heavy atom. The van der Waals surface area contributed by atoms with E-state index in [1.165, 1.54) is 18.9 Å². The van der Waals surface area contributed by atoms with Crippen molar-refractivity contribution < 1.29 is 9.53 Å². The lowest BCUT2D eigenvalue weighted by Gasteiger charge is -2.09. The van der Waals surface area contributed by atoms with E-state index in [9.17, 15) is 4.79 Å². The number of benzene rings is 2. The van der Waals surface area contributed by atoms with Crippen molar-refractivity contribution in [2.24, 2.45) is 0 Å². The highest BCUT2D eigenvalue weighted by atomic mass is 35.5. The van der Waals surface area contributed by atoms with Crippen LogP contribution in [0.2, 0.25) is 10.0 Å². The maximum absolute atomic E-state index is 11.4. The maximum Gasteiger partial charge on any atom is 0.337 e. The Balaban J connectivity index is 2.30. The number of hydrogen-bond donors (Lipinski definition) is 1. The molecule has 0 aliphatic rings. The first-order valence-electron chi connectivity index (χ1n) is 5.62. The van der Waals surface area contributed by atoms with Crippen LogP contribution in [0.15, 0.2) is 46.2 Å². The summed E-state index contributed by atoms with van der Waals surface area (Å²) < 4.78 is 4.64. The van der Waals surface area contributed by atoms with Crippen molar-refractivity contribution in [2.75, 3.05) is 12.8 Å². The van der Waals surface area contributed by atoms with E-state index in [0.29, 0.717) is 21.3 Å². The van der Waals surface area contributed by atoms with E-state index in [2.05, 4.69) is 4.74 Å². The average molecular weight is 328 g/mol. The van der Waals surface area contributed by atoms with E-state index in [0.717, 1.165) is 9.79 Å². The third kappa shape index (κ3) is 3.39. The van der Waals surface area contributed by atoms with Gasteiger partial charge in [0.15, 0.2) is 0 Å². The Kier molecular flexibility index (Phi) is 4.81. The van der Waals surface area contributed by atoms with Gasteiger partial charge < -0.3 is 10.5 Å². The summed E-state index contributed by atoms with van der Waals surface area (Å²) in [6.45, 7) is 0. The second-order valence-electron chi connectivity index (χ2n) is 3.92. The van der Waals surface area contributed by atoms with Gasteiger partial charge in [-0.05, 0) is 36.4 Å². The first-order chi connectivity index (χ1) is 9.51. The summed E-state index contributed by atoms with van der Waals surface area (Å²) in [7, 11) is 1.33. The van der Waals surface area contributed by atoms with Crippen LogP contribution in [0.3, 0.4) is 0 Å². The van der Waals surface area contributed by atoms with Crippen LogP contribution in [0.25, 0.3) is 0 Å². The van der Waals surface area contributed by atoms with Crippen molar-refractivity contribution in [3.8, 4) is 0 Å². The number of methoxy groups -OCH3 is 1. The number of nitrogens with two attached hydrogens (primary N) is 1. The van der Waals surface area contributed by atoms with Crippen LogP contribution in [-0.2, 0) is 4.74 Å². The highest BCUT2D eigenvalue weighted by Gasteiger charge is 2.10. The van der Waals surface area contributed by atoms with Gasteiger partial charge in [-0.25, -0.2) is 4.79 Å². The van der Waals surface area contributed by atoms with Crippen molar-refractivity contribution >= 4 is 46.6 Å². The van der Waals surface area contributed by atoms with Crippen LogP contribution in [-0.4, -0.2) is 13.1 Å². The van der Waals surface area contributed by atoms with Crippen LogP contribution in [0.5, 0.6) is 0 Å². The Morgan fingerprint density at radius 2 is 1.90 bits per heavy atom. The van der Waals surface area contributed by atoms with Gasteiger partial charge in [-0.2, -0.15) is 0 Å². The molecule has 3 nitrogen and oxygen atoms in total. The summed E-state index contributed by atoms with van der Waals surface area (Å²) in [6.07, 6.45) is 0. The molecule has 6 heteroatoms. The topological polar surface area (TPSA) is 52.3 Å². The van der Waals surface area contributed by atoms with E-state index in [4.69, 9.17) is 28.9 Å². The Labute approximate surface area is 131 Å². The number of esters is 1. The van der Waals surface area contributed by atoms with E-state index >= 15 is 0 Å². The minimum atomic E-state index is -0.422. The monoisotopic (exact) mass is 327 g/mol. The van der Waals surface area contributed by atoms with Gasteiger partial charge in [0.2, 0.25) is 0 Å². The number of ether oxygens (including phenoxy) is 1. The summed E-state index contributed by atoms with van der Waals surface area (Å²) in [5.41, 5.74) is 6.83. The SMILES string of the molecule is COC(=O)c1ccc(Sc2cc(Cl)ccc2Cl)c(N)c1. The normalized spacial score (nSPS) is 10.3. The Hall–Kier alpha value is -1.36. The molecule has 2 rings (SSSR count). The van der Waals surface area contributed by atoms with Crippen molar-refractivity contribution in [3.05, 3.63) is 52.0 Å². The minimum absolute atomic E-state index is 0.409. The van der Waals surface area contributed by atoms with Crippen LogP contribution in [0, 0.1) is 0 Å². The average Bonchev–Trinajstić information content (AvgIpc) is 2.44. The standard InChI is InChI=1S/C14H11Cl2NO2S/c1-19-14(18)8-2-5-12(11(17)6-8)20-13-7-9(15)3-4-10(13)16/h2-7H,17H2,1H3. The molecule has 0 radical (unpaired) electrons. The van der Waals surface area contributed by atoms with Crippen molar-refractivity contribution in [3.63, 3.8) is 0 Å². The summed E-state index contributed by atoms with van der Waals surface area (Å²) in [5.74, 6) is -0.422. The number of carbonyl (C=O) groups excluding carboxylic acids is 1. The van der Waals surface area contributed by atoms with Crippen LogP contribution in [0.4, 0.5) is 5.69 Å². The van der Waals surface area contributed by atoms with Gasteiger partial charge in [-0.15, -0.1) is 0 Å². The summed E-state index contributed by atoms with van der Waals surface area (Å²) in [5, 5.41) is 1.19. The highest BCUT2D eigenvalue weighted by molar-refractivity contribution is 7.99. The van der Waals surface area contributed by atoms with Gasteiger partial charge in [-0.3, -0.25) is 0 Å². The molecule has 0 heterocycles. The molecule has 20 heavy (non-hydrogen) atoms. The zero-order chi connectivity index (χ0) is 14.7. The molecule has 0 unspecified atom stereocenters. The molecule has 0 fully saturated rings. The van der Waals surface area contributed by atoms with E-state index < -0.39 is 5.97 Å². The molecule has 104 valence electrons. The molecule has 2 aromatic rings. The molecule has 0 amide bonds. The molecular formula is C14H11Cl2NO2S. The van der Waals surface area contributed by atoms with Crippen LogP contribution in [0.1, 0.15) is 10.4 Å². The Bertz CT molecular complexity index is 662. The predicted molar refractivity (Wildman–Crippen MR) is 82.8 cm³/mol. The maximum atomic E-state index is 11.4. The molecule has 0 atom stereocenters. The second-order valence-corrected chi connectivity index (χ2v) is 5.85. The fraction of sp³-hybridized carbons (Fsp3) is 0.0714. The number of rotatable bonds is 3. The van der Waals surface area contributed by atoms with Crippen molar-refractivity contribution in [2.45, 2.75) is 9.79 Å². The summed E-state index contributed by atoms with van der Waals surface area (Å²) in [4.78, 5) is 13.0. The van der Waals surface area contributed by atoms with Gasteiger partial charge >= 0.3 is 5.97 Å². The largest absolute Gasteiger partial charge is 0.465 e. The molecule has 0 spiro atoms. The molecule has 0 saturated heterocycles. The smallest absolute Gasteiger partial charge is 0.337 e. The van der Waals surface area contributed by atoms with Crippen molar-refractivity contribution in [1.29, 1.82) is 0 Å². The molecule has 0 aliphatic carbocycles. The van der Waals surface area contributed by atoms with Gasteiger partial charge in [0.05, 0.1) is 17.7 Å². The van der Waals surface area contributed by atoms with Gasteiger partial charge in [0.25, 0.3) is 0 Å².